The topological polar surface area (TPSA) is 0 Å². The van der Waals surface area contributed by atoms with Gasteiger partial charge in [0.15, 0.2) is 69.8 Å². The summed E-state index contributed by atoms with van der Waals surface area (Å²) in [7, 11) is -7.18. The maximum Gasteiger partial charge on any atom is 0.249 e. The Bertz CT molecular complexity index is 1590. The lowest BCUT2D eigenvalue weighted by Gasteiger charge is -2.30. The van der Waals surface area contributed by atoms with Crippen LogP contribution in [0.3, 0.4) is 0 Å². The average Bonchev–Trinajstić information content (AvgIpc) is 2.98. The van der Waals surface area contributed by atoms with Crippen LogP contribution in [0.1, 0.15) is 5.56 Å². The van der Waals surface area contributed by atoms with Gasteiger partial charge < -0.3 is 0 Å². The van der Waals surface area contributed by atoms with Gasteiger partial charge in [0.05, 0.1) is 0 Å². The van der Waals surface area contributed by atoms with E-state index < -0.39 is 116 Å². The molecule has 0 nitrogen and oxygen atoms in total. The first-order valence-corrected chi connectivity index (χ1v) is 12.7. The van der Waals surface area contributed by atoms with Gasteiger partial charge >= 0.3 is 0 Å². The monoisotopic (exact) mass is 630 g/mol. The molecule has 218 valence electrons. The number of benzene rings is 4. The van der Waals surface area contributed by atoms with E-state index in [2.05, 4.69) is 0 Å². The van der Waals surface area contributed by atoms with Gasteiger partial charge in [0, 0.05) is 21.1 Å². The van der Waals surface area contributed by atoms with Crippen LogP contribution in [0.15, 0.2) is 30.3 Å². The Balaban J connectivity index is 2.50. The Hall–Kier alpha value is -4.39. The highest BCUT2D eigenvalue weighted by Crippen LogP contribution is 2.28. The molecule has 0 spiro atoms. The molecule has 42 heavy (non-hydrogen) atoms. The first-order chi connectivity index (χ1) is 19.6. The van der Waals surface area contributed by atoms with E-state index >= 15 is 26.3 Å². The Morgan fingerprint density at radius 1 is 0.333 bits per heavy atom. The van der Waals surface area contributed by atoms with Crippen LogP contribution in [-0.4, -0.2) is 8.07 Å². The molecule has 0 aliphatic heterocycles. The normalized spacial score (nSPS) is 11.5. The summed E-state index contributed by atoms with van der Waals surface area (Å²) in [5.41, 5.74) is 1.01. The first kappa shape index (κ1) is 30.6. The minimum Gasteiger partial charge on any atom is -0.204 e. The van der Waals surface area contributed by atoms with Gasteiger partial charge in [-0.25, -0.2) is 65.9 Å². The van der Waals surface area contributed by atoms with Crippen molar-refractivity contribution in [3.8, 4) is 11.5 Å². The number of rotatable bonds is 3. The smallest absolute Gasteiger partial charge is 0.204 e. The molecule has 0 saturated carbocycles. The summed E-state index contributed by atoms with van der Waals surface area (Å²) in [5, 5.41) is -8.10. The van der Waals surface area contributed by atoms with Gasteiger partial charge in [0.2, 0.25) is 25.5 Å². The molecule has 4 rings (SSSR count). The van der Waals surface area contributed by atoms with Crippen molar-refractivity contribution >= 4 is 23.6 Å². The van der Waals surface area contributed by atoms with Crippen LogP contribution in [0.5, 0.6) is 0 Å². The second-order valence-electron chi connectivity index (χ2n) is 8.20. The van der Waals surface area contributed by atoms with Crippen LogP contribution in [-0.2, 0) is 0 Å². The second kappa shape index (κ2) is 10.8. The molecule has 4 aromatic rings. The van der Waals surface area contributed by atoms with E-state index in [1.807, 2.05) is 0 Å². The molecule has 0 bridgehead atoms. The van der Waals surface area contributed by atoms with Gasteiger partial charge in [-0.1, -0.05) is 24.1 Å². The van der Waals surface area contributed by atoms with Crippen molar-refractivity contribution in [3.63, 3.8) is 0 Å². The Morgan fingerprint density at radius 3 is 0.833 bits per heavy atom. The van der Waals surface area contributed by atoms with E-state index in [0.29, 0.717) is 0 Å². The van der Waals surface area contributed by atoms with Crippen molar-refractivity contribution < 1.29 is 65.9 Å². The van der Waals surface area contributed by atoms with E-state index in [1.54, 1.807) is 5.92 Å². The lowest BCUT2D eigenvalue weighted by molar-refractivity contribution is 0.380. The van der Waals surface area contributed by atoms with Gasteiger partial charge in [-0.3, -0.25) is 0 Å². The van der Waals surface area contributed by atoms with E-state index in [-0.39, 0.29) is 0 Å². The first-order valence-electron chi connectivity index (χ1n) is 10.7. The minimum atomic E-state index is -7.18. The van der Waals surface area contributed by atoms with Gasteiger partial charge in [-0.2, -0.15) is 0 Å². The Morgan fingerprint density at radius 2 is 0.571 bits per heavy atom. The maximum absolute atomic E-state index is 15.3. The lowest BCUT2D eigenvalue weighted by Crippen LogP contribution is -2.72. The van der Waals surface area contributed by atoms with E-state index in [9.17, 15) is 39.5 Å². The third kappa shape index (κ3) is 4.30. The quantitative estimate of drug-likeness (QED) is 0.0668. The molecule has 4 aromatic carbocycles. The third-order valence-electron chi connectivity index (χ3n) is 5.92. The largest absolute Gasteiger partial charge is 0.249 e. The van der Waals surface area contributed by atoms with E-state index in [1.165, 1.54) is 11.6 Å². The van der Waals surface area contributed by atoms with Gasteiger partial charge in [0.1, 0.15) is 0 Å². The summed E-state index contributed by atoms with van der Waals surface area (Å²) in [5.74, 6) is -44.0. The second-order valence-corrected chi connectivity index (χ2v) is 11.5. The highest BCUT2D eigenvalue weighted by atomic mass is 28.3. The number of hydrogen-bond acceptors (Lipinski definition) is 0. The van der Waals surface area contributed by atoms with Crippen LogP contribution in [0, 0.1) is 98.7 Å². The molecule has 0 atom stereocenters. The molecule has 0 unspecified atom stereocenters. The predicted molar refractivity (Wildman–Crippen MR) is 117 cm³/mol. The predicted octanol–water partition coefficient (Wildman–Crippen LogP) is 5.83. The van der Waals surface area contributed by atoms with Crippen LogP contribution in [0.25, 0.3) is 0 Å². The van der Waals surface area contributed by atoms with Gasteiger partial charge in [0.25, 0.3) is 0 Å². The maximum atomic E-state index is 15.3. The zero-order valence-corrected chi connectivity index (χ0v) is 20.6. The highest BCUT2D eigenvalue weighted by molar-refractivity contribution is 7.17. The van der Waals surface area contributed by atoms with Crippen molar-refractivity contribution in [1.29, 1.82) is 0 Å². The molecule has 0 saturated heterocycles. The minimum absolute atomic E-state index is 0.439. The fraction of sp³-hybridized carbons (Fsp3) is 0. The van der Waals surface area contributed by atoms with E-state index in [4.69, 9.17) is 0 Å². The van der Waals surface area contributed by atoms with Crippen LogP contribution < -0.4 is 15.6 Å². The van der Waals surface area contributed by atoms with E-state index in [0.717, 1.165) is 24.3 Å². The number of hydrogen-bond donors (Lipinski definition) is 0. The summed E-state index contributed by atoms with van der Waals surface area (Å²) in [6.45, 7) is 0. The van der Waals surface area contributed by atoms with Crippen LogP contribution in [0.4, 0.5) is 65.9 Å². The molecule has 0 aliphatic rings. The average molecular weight is 630 g/mol. The fourth-order valence-corrected chi connectivity index (χ4v) is 8.14. The van der Waals surface area contributed by atoms with Crippen molar-refractivity contribution in [1.82, 2.24) is 0 Å². The van der Waals surface area contributed by atoms with Crippen molar-refractivity contribution in [2.45, 2.75) is 0 Å². The molecular weight excluding hydrogens is 625 g/mol. The molecule has 0 aromatic heterocycles. The third-order valence-corrected chi connectivity index (χ3v) is 9.99. The molecule has 0 aliphatic carbocycles. The highest BCUT2D eigenvalue weighted by Gasteiger charge is 2.55. The molecule has 0 N–H and O–H groups in total. The van der Waals surface area contributed by atoms with Crippen molar-refractivity contribution in [2.24, 2.45) is 0 Å². The molecule has 0 radical (unpaired) electrons. The molecule has 0 fully saturated rings. The summed E-state index contributed by atoms with van der Waals surface area (Å²) in [6, 6.07) is 5.56. The van der Waals surface area contributed by atoms with Gasteiger partial charge in [-0.05, 0) is 12.1 Å². The SMILES string of the molecule is Fc1c(F)c(F)c([Si](C#Cc2ccccc2)(c2c(F)c(F)c(F)c(F)c2F)c2c(F)c(F)c(F)c(F)c2F)c(F)c1F. The standard InChI is InChI=1S/C26H5F15Si/c27-9-12(30)18(36)24(19(37)13(9)31)42(7-6-8-4-2-1-3-5-8,25-20(38)14(32)10(28)15(33)21(25)39)26-22(40)16(34)11(29)17(35)23(26)41/h1-5H. The molecule has 16 heteroatoms. The Labute approximate surface area is 224 Å². The summed E-state index contributed by atoms with van der Waals surface area (Å²) in [4.78, 5) is 0. The number of halogens is 15. The molecule has 0 heterocycles. The lowest BCUT2D eigenvalue weighted by atomic mass is 10.2. The van der Waals surface area contributed by atoms with Crippen molar-refractivity contribution in [2.75, 3.05) is 0 Å². The summed E-state index contributed by atoms with van der Waals surface area (Å²) >= 11 is 0. The van der Waals surface area contributed by atoms with Gasteiger partial charge in [-0.15, -0.1) is 5.54 Å². The van der Waals surface area contributed by atoms with Crippen molar-refractivity contribution in [3.05, 3.63) is 123 Å². The van der Waals surface area contributed by atoms with Crippen LogP contribution >= 0.6 is 0 Å². The van der Waals surface area contributed by atoms with Crippen LogP contribution in [0.2, 0.25) is 0 Å². The summed E-state index contributed by atoms with van der Waals surface area (Å²) in [6.07, 6.45) is 0. The summed E-state index contributed by atoms with van der Waals surface area (Å²) < 4.78 is 220. The molecular formula is C26H5F15Si. The zero-order chi connectivity index (χ0) is 31.4. The zero-order valence-electron chi connectivity index (χ0n) is 19.6. The fourth-order valence-electron chi connectivity index (χ4n) is 4.05. The molecule has 0 amide bonds. The Kier molecular flexibility index (Phi) is 7.85.